The van der Waals surface area contributed by atoms with Gasteiger partial charge in [0.05, 0.1) is 0 Å². The second kappa shape index (κ2) is 7.12. The number of amides is 2. The minimum absolute atomic E-state index is 0.0202. The normalized spacial score (nSPS) is 22.2. The van der Waals surface area contributed by atoms with Gasteiger partial charge in [-0.15, -0.1) is 0 Å². The van der Waals surface area contributed by atoms with Gasteiger partial charge in [-0.1, -0.05) is 48.0 Å². The summed E-state index contributed by atoms with van der Waals surface area (Å²) in [5.74, 6) is 0.671. The maximum Gasteiger partial charge on any atom is 0.254 e. The Morgan fingerprint density at radius 3 is 2.27 bits per heavy atom. The van der Waals surface area contributed by atoms with E-state index in [4.69, 9.17) is 11.6 Å². The number of piperazine rings is 1. The molecule has 0 unspecified atom stereocenters. The Hall–Kier alpha value is -2.33. The molecule has 2 atom stereocenters. The van der Waals surface area contributed by atoms with Gasteiger partial charge in [-0.3, -0.25) is 9.59 Å². The maximum atomic E-state index is 12.7. The van der Waals surface area contributed by atoms with Crippen LogP contribution in [0.1, 0.15) is 28.3 Å². The molecule has 4 nitrogen and oxygen atoms in total. The summed E-state index contributed by atoms with van der Waals surface area (Å²) in [6, 6.07) is 17.2. The van der Waals surface area contributed by atoms with Crippen LogP contribution in [0.25, 0.3) is 0 Å². The number of rotatable bonds is 3. The highest BCUT2D eigenvalue weighted by Gasteiger charge is 2.46. The van der Waals surface area contributed by atoms with Crippen LogP contribution >= 0.6 is 11.6 Å². The van der Waals surface area contributed by atoms with E-state index in [-0.39, 0.29) is 17.7 Å². The minimum Gasteiger partial charge on any atom is -0.339 e. The van der Waals surface area contributed by atoms with Crippen LogP contribution in [0.3, 0.4) is 0 Å². The van der Waals surface area contributed by atoms with Crippen LogP contribution in [-0.2, 0) is 4.79 Å². The van der Waals surface area contributed by atoms with E-state index in [1.807, 2.05) is 23.1 Å². The van der Waals surface area contributed by atoms with Gasteiger partial charge in [-0.25, -0.2) is 0 Å². The van der Waals surface area contributed by atoms with E-state index in [0.717, 1.165) is 6.42 Å². The Labute approximate surface area is 158 Å². The zero-order valence-corrected chi connectivity index (χ0v) is 15.2. The smallest absolute Gasteiger partial charge is 0.254 e. The molecular formula is C21H21ClN2O2. The summed E-state index contributed by atoms with van der Waals surface area (Å²) < 4.78 is 0. The zero-order valence-electron chi connectivity index (χ0n) is 14.5. The van der Waals surface area contributed by atoms with Crippen LogP contribution in [0.15, 0.2) is 54.6 Å². The minimum atomic E-state index is -0.0202. The third-order valence-electron chi connectivity index (χ3n) is 5.29. The van der Waals surface area contributed by atoms with Crippen LogP contribution < -0.4 is 0 Å². The summed E-state index contributed by atoms with van der Waals surface area (Å²) in [6.45, 7) is 2.34. The lowest BCUT2D eigenvalue weighted by molar-refractivity contribution is -0.134. The average molecular weight is 369 g/mol. The second-order valence-electron chi connectivity index (χ2n) is 6.99. The highest BCUT2D eigenvalue weighted by atomic mass is 35.5. The lowest BCUT2D eigenvalue weighted by Crippen LogP contribution is -2.51. The summed E-state index contributed by atoms with van der Waals surface area (Å²) >= 11 is 5.97. The Kier molecular flexibility index (Phi) is 4.68. The molecule has 0 radical (unpaired) electrons. The Morgan fingerprint density at radius 1 is 0.885 bits per heavy atom. The highest BCUT2D eigenvalue weighted by molar-refractivity contribution is 6.30. The molecule has 0 aromatic heterocycles. The number of hydrogen-bond acceptors (Lipinski definition) is 2. The van der Waals surface area contributed by atoms with Crippen LogP contribution in [0, 0.1) is 5.92 Å². The topological polar surface area (TPSA) is 40.6 Å². The van der Waals surface area contributed by atoms with Crippen molar-refractivity contribution in [1.82, 2.24) is 9.80 Å². The van der Waals surface area contributed by atoms with E-state index in [9.17, 15) is 9.59 Å². The van der Waals surface area contributed by atoms with E-state index in [0.29, 0.717) is 42.7 Å². The van der Waals surface area contributed by atoms with Crippen molar-refractivity contribution in [3.63, 3.8) is 0 Å². The fourth-order valence-corrected chi connectivity index (χ4v) is 3.90. The predicted octanol–water partition coefficient (Wildman–Crippen LogP) is 3.43. The van der Waals surface area contributed by atoms with Crippen molar-refractivity contribution in [3.8, 4) is 0 Å². The molecule has 2 amide bonds. The molecule has 2 aromatic rings. The predicted molar refractivity (Wildman–Crippen MR) is 101 cm³/mol. The number of nitrogens with zero attached hydrogens (tertiary/aromatic N) is 2. The van der Waals surface area contributed by atoms with Crippen LogP contribution in [-0.4, -0.2) is 47.8 Å². The van der Waals surface area contributed by atoms with Crippen molar-refractivity contribution >= 4 is 23.4 Å². The van der Waals surface area contributed by atoms with Gasteiger partial charge >= 0.3 is 0 Å². The van der Waals surface area contributed by atoms with Gasteiger partial charge in [0.2, 0.25) is 5.91 Å². The van der Waals surface area contributed by atoms with E-state index >= 15 is 0 Å². The Bertz CT molecular complexity index is 816. The average Bonchev–Trinajstić information content (AvgIpc) is 3.48. The van der Waals surface area contributed by atoms with Gasteiger partial charge in [0.25, 0.3) is 5.91 Å². The van der Waals surface area contributed by atoms with E-state index in [1.165, 1.54) is 5.56 Å². The van der Waals surface area contributed by atoms with Gasteiger partial charge in [-0.2, -0.15) is 0 Å². The quantitative estimate of drug-likeness (QED) is 0.832. The van der Waals surface area contributed by atoms with Gasteiger partial charge in [-0.05, 0) is 36.1 Å². The first kappa shape index (κ1) is 17.1. The van der Waals surface area contributed by atoms with Crippen molar-refractivity contribution < 1.29 is 9.59 Å². The van der Waals surface area contributed by atoms with Crippen LogP contribution in [0.5, 0.6) is 0 Å². The Balaban J connectivity index is 1.33. The van der Waals surface area contributed by atoms with Crippen molar-refractivity contribution in [2.45, 2.75) is 12.3 Å². The van der Waals surface area contributed by atoms with Gasteiger partial charge in [0, 0.05) is 42.7 Å². The van der Waals surface area contributed by atoms with Gasteiger partial charge < -0.3 is 9.80 Å². The van der Waals surface area contributed by atoms with Crippen LogP contribution in [0.2, 0.25) is 5.02 Å². The molecule has 2 fully saturated rings. The summed E-state index contributed by atoms with van der Waals surface area (Å²) in [7, 11) is 0. The molecule has 4 rings (SSSR count). The fraction of sp³-hybridized carbons (Fsp3) is 0.333. The summed E-state index contributed by atoms with van der Waals surface area (Å²) in [5.41, 5.74) is 1.85. The number of halogens is 1. The molecule has 1 saturated carbocycles. The fourth-order valence-electron chi connectivity index (χ4n) is 3.71. The molecule has 2 aromatic carbocycles. The second-order valence-corrected chi connectivity index (χ2v) is 7.42. The summed E-state index contributed by atoms with van der Waals surface area (Å²) in [4.78, 5) is 29.0. The first-order chi connectivity index (χ1) is 12.6. The molecule has 0 N–H and O–H groups in total. The molecule has 0 bridgehead atoms. The molecule has 26 heavy (non-hydrogen) atoms. The lowest BCUT2D eigenvalue weighted by Gasteiger charge is -2.35. The molecule has 5 heteroatoms. The maximum absolute atomic E-state index is 12.7. The van der Waals surface area contributed by atoms with Crippen molar-refractivity contribution in [2.75, 3.05) is 26.2 Å². The number of benzene rings is 2. The monoisotopic (exact) mass is 368 g/mol. The number of hydrogen-bond donors (Lipinski definition) is 0. The molecule has 2 aliphatic rings. The van der Waals surface area contributed by atoms with Gasteiger partial charge in [0.1, 0.15) is 0 Å². The number of carbonyl (C=O) groups is 2. The van der Waals surface area contributed by atoms with Crippen LogP contribution in [0.4, 0.5) is 0 Å². The molecule has 1 aliphatic heterocycles. The summed E-state index contributed by atoms with van der Waals surface area (Å²) in [5, 5.41) is 0.561. The van der Waals surface area contributed by atoms with E-state index < -0.39 is 0 Å². The third kappa shape index (κ3) is 3.47. The van der Waals surface area contributed by atoms with Crippen molar-refractivity contribution in [1.29, 1.82) is 0 Å². The van der Waals surface area contributed by atoms with Crippen molar-refractivity contribution in [2.24, 2.45) is 5.92 Å². The standard InChI is InChI=1S/C21H21ClN2O2/c22-17-8-4-7-16(13-17)20(25)23-9-11-24(12-10-23)21(26)19-14-18(19)15-5-2-1-3-6-15/h1-8,13,18-19H,9-12,14H2/t18-,19-/m0/s1. The number of carbonyl (C=O) groups excluding carboxylic acids is 2. The van der Waals surface area contributed by atoms with E-state index in [1.54, 1.807) is 29.2 Å². The molecule has 1 saturated heterocycles. The third-order valence-corrected chi connectivity index (χ3v) is 5.52. The molecule has 134 valence electrons. The van der Waals surface area contributed by atoms with Gasteiger partial charge in [0.15, 0.2) is 0 Å². The lowest BCUT2D eigenvalue weighted by atomic mass is 10.1. The first-order valence-corrected chi connectivity index (χ1v) is 9.40. The first-order valence-electron chi connectivity index (χ1n) is 9.02. The largest absolute Gasteiger partial charge is 0.339 e. The van der Waals surface area contributed by atoms with Crippen molar-refractivity contribution in [3.05, 3.63) is 70.7 Å². The zero-order chi connectivity index (χ0) is 18.1. The van der Waals surface area contributed by atoms with E-state index in [2.05, 4.69) is 12.1 Å². The summed E-state index contributed by atoms with van der Waals surface area (Å²) in [6.07, 6.45) is 0.935. The molecular weight excluding hydrogens is 348 g/mol. The highest BCUT2D eigenvalue weighted by Crippen LogP contribution is 2.48. The Morgan fingerprint density at radius 2 is 1.58 bits per heavy atom. The molecule has 0 spiro atoms. The SMILES string of the molecule is O=C(c1cccc(Cl)c1)N1CCN(C(=O)[C@H]2C[C@H]2c2ccccc2)CC1. The molecule has 1 heterocycles. The molecule has 1 aliphatic carbocycles.